The summed E-state index contributed by atoms with van der Waals surface area (Å²) in [5, 5.41) is 21.8. The van der Waals surface area contributed by atoms with E-state index < -0.39 is 16.9 Å². The molecule has 0 radical (unpaired) electrons. The molecule has 1 rings (SSSR count). The number of piperidine rings is 1. The number of likely N-dealkylation sites (tertiary alicyclic amines) is 1. The summed E-state index contributed by atoms with van der Waals surface area (Å²) in [5.41, 5.74) is -1.96. The van der Waals surface area contributed by atoms with Crippen LogP contribution in [0.4, 0.5) is 4.79 Å². The lowest BCUT2D eigenvalue weighted by atomic mass is 9.74. The Kier molecular flexibility index (Phi) is 4.69. The minimum absolute atomic E-state index is 0.0325. The Morgan fingerprint density at radius 2 is 1.80 bits per heavy atom. The maximum Gasteiger partial charge on any atom is 0.317 e. The first-order valence-corrected chi connectivity index (χ1v) is 6.97. The van der Waals surface area contributed by atoms with Crippen molar-refractivity contribution in [1.29, 1.82) is 0 Å². The minimum atomic E-state index is -1.08. The van der Waals surface area contributed by atoms with Gasteiger partial charge in [0, 0.05) is 13.1 Å². The van der Waals surface area contributed by atoms with Gasteiger partial charge >= 0.3 is 12.0 Å². The molecule has 0 spiro atoms. The van der Waals surface area contributed by atoms with Gasteiger partial charge < -0.3 is 20.4 Å². The molecule has 0 aromatic heterocycles. The van der Waals surface area contributed by atoms with Crippen molar-refractivity contribution in [3.63, 3.8) is 0 Å². The number of hydrogen-bond donors (Lipinski definition) is 3. The number of rotatable bonds is 3. The van der Waals surface area contributed by atoms with Crippen LogP contribution in [0.1, 0.15) is 41.0 Å². The predicted molar refractivity (Wildman–Crippen MR) is 75.4 cm³/mol. The Labute approximate surface area is 120 Å². The van der Waals surface area contributed by atoms with Crippen LogP contribution >= 0.6 is 0 Å². The number of carboxylic acids is 1. The van der Waals surface area contributed by atoms with Gasteiger partial charge in [-0.15, -0.1) is 0 Å². The number of nitrogens with one attached hydrogen (secondary N) is 1. The molecular formula is C14H26N2O4. The molecule has 1 aliphatic rings. The lowest BCUT2D eigenvalue weighted by Crippen LogP contribution is -2.61. The highest BCUT2D eigenvalue weighted by Crippen LogP contribution is 2.31. The molecule has 0 bridgehead atoms. The second-order valence-corrected chi connectivity index (χ2v) is 6.76. The highest BCUT2D eigenvalue weighted by atomic mass is 16.4. The third kappa shape index (κ3) is 3.23. The van der Waals surface area contributed by atoms with Crippen LogP contribution in [0, 0.1) is 11.3 Å². The standard InChI is InChI=1S/C14H26N2O4/c1-9-8-16(7-6-10(9)17)12(20)15-14(4,5)13(2,3)11(18)19/h9-10,17H,6-8H2,1-5H3,(H,15,20)(H,18,19). The molecule has 1 heterocycles. The molecule has 1 saturated heterocycles. The molecule has 6 nitrogen and oxygen atoms in total. The van der Waals surface area contributed by atoms with Crippen molar-refractivity contribution in [2.75, 3.05) is 13.1 Å². The average Bonchev–Trinajstić information content (AvgIpc) is 2.31. The second-order valence-electron chi connectivity index (χ2n) is 6.76. The maximum atomic E-state index is 12.3. The molecule has 1 aliphatic heterocycles. The van der Waals surface area contributed by atoms with Crippen molar-refractivity contribution in [1.82, 2.24) is 10.2 Å². The van der Waals surface area contributed by atoms with Gasteiger partial charge in [0.25, 0.3) is 0 Å². The van der Waals surface area contributed by atoms with Crippen LogP contribution < -0.4 is 5.32 Å². The zero-order valence-corrected chi connectivity index (χ0v) is 12.9. The lowest BCUT2D eigenvalue weighted by Gasteiger charge is -2.42. The summed E-state index contributed by atoms with van der Waals surface area (Å²) in [4.78, 5) is 25.2. The van der Waals surface area contributed by atoms with Crippen molar-refractivity contribution in [2.45, 2.75) is 52.7 Å². The van der Waals surface area contributed by atoms with Crippen molar-refractivity contribution in [3.8, 4) is 0 Å². The zero-order chi connectivity index (χ0) is 15.7. The number of carbonyl (C=O) groups is 2. The fourth-order valence-corrected chi connectivity index (χ4v) is 2.09. The molecule has 20 heavy (non-hydrogen) atoms. The Balaban J connectivity index is 2.73. The number of carbonyl (C=O) groups excluding carboxylic acids is 1. The Hall–Kier alpha value is -1.30. The van der Waals surface area contributed by atoms with E-state index >= 15 is 0 Å². The molecule has 0 aromatic rings. The number of urea groups is 1. The monoisotopic (exact) mass is 286 g/mol. The fourth-order valence-electron chi connectivity index (χ4n) is 2.09. The summed E-state index contributed by atoms with van der Waals surface area (Å²) < 4.78 is 0. The van der Waals surface area contributed by atoms with Gasteiger partial charge in [0.2, 0.25) is 0 Å². The first kappa shape index (κ1) is 16.8. The maximum absolute atomic E-state index is 12.3. The van der Waals surface area contributed by atoms with E-state index in [1.807, 2.05) is 6.92 Å². The molecule has 0 aromatic carbocycles. The van der Waals surface area contributed by atoms with E-state index in [9.17, 15) is 19.8 Å². The number of aliphatic carboxylic acids is 1. The van der Waals surface area contributed by atoms with Gasteiger partial charge in [0.1, 0.15) is 0 Å². The van der Waals surface area contributed by atoms with Crippen molar-refractivity contribution >= 4 is 12.0 Å². The van der Waals surface area contributed by atoms with Gasteiger partial charge in [-0.3, -0.25) is 4.79 Å². The summed E-state index contributed by atoms with van der Waals surface area (Å²) in [6, 6.07) is -0.275. The van der Waals surface area contributed by atoms with E-state index in [0.29, 0.717) is 19.5 Å². The molecule has 0 saturated carbocycles. The van der Waals surface area contributed by atoms with Crippen molar-refractivity contribution < 1.29 is 19.8 Å². The third-order valence-corrected chi connectivity index (χ3v) is 4.66. The molecule has 6 heteroatoms. The number of aliphatic hydroxyl groups is 1. The summed E-state index contributed by atoms with van der Waals surface area (Å²) in [6.07, 6.45) is 0.180. The minimum Gasteiger partial charge on any atom is -0.481 e. The zero-order valence-electron chi connectivity index (χ0n) is 12.9. The quantitative estimate of drug-likeness (QED) is 0.729. The Morgan fingerprint density at radius 1 is 1.25 bits per heavy atom. The molecule has 3 N–H and O–H groups in total. The van der Waals surface area contributed by atoms with Crippen LogP contribution in [-0.4, -0.2) is 51.8 Å². The molecule has 1 fully saturated rings. The van der Waals surface area contributed by atoms with E-state index in [1.54, 1.807) is 32.6 Å². The number of aliphatic hydroxyl groups excluding tert-OH is 1. The highest BCUT2D eigenvalue weighted by molar-refractivity contribution is 5.79. The van der Waals surface area contributed by atoms with Gasteiger partial charge in [-0.1, -0.05) is 6.92 Å². The van der Waals surface area contributed by atoms with Crippen LogP contribution in [0.3, 0.4) is 0 Å². The Bertz CT molecular complexity index is 393. The Morgan fingerprint density at radius 3 is 2.25 bits per heavy atom. The van der Waals surface area contributed by atoms with Gasteiger partial charge in [0.15, 0.2) is 0 Å². The molecule has 0 aliphatic carbocycles. The van der Waals surface area contributed by atoms with E-state index in [-0.39, 0.29) is 18.1 Å². The van der Waals surface area contributed by atoms with E-state index in [2.05, 4.69) is 5.32 Å². The summed E-state index contributed by atoms with van der Waals surface area (Å²) >= 11 is 0. The van der Waals surface area contributed by atoms with Crippen LogP contribution in [0.25, 0.3) is 0 Å². The topological polar surface area (TPSA) is 89.9 Å². The van der Waals surface area contributed by atoms with Crippen LogP contribution in [-0.2, 0) is 4.79 Å². The number of hydrogen-bond acceptors (Lipinski definition) is 3. The van der Waals surface area contributed by atoms with E-state index in [0.717, 1.165) is 0 Å². The van der Waals surface area contributed by atoms with E-state index in [4.69, 9.17) is 0 Å². The van der Waals surface area contributed by atoms with Gasteiger partial charge in [0.05, 0.1) is 17.1 Å². The third-order valence-electron chi connectivity index (χ3n) is 4.66. The number of amides is 2. The molecule has 2 amide bonds. The summed E-state index contributed by atoms with van der Waals surface area (Å²) in [5.74, 6) is -0.921. The largest absolute Gasteiger partial charge is 0.481 e. The molecule has 2 atom stereocenters. The number of nitrogens with zero attached hydrogens (tertiary/aromatic N) is 1. The van der Waals surface area contributed by atoms with Crippen LogP contribution in [0.2, 0.25) is 0 Å². The molecular weight excluding hydrogens is 260 g/mol. The molecule has 2 unspecified atom stereocenters. The average molecular weight is 286 g/mol. The van der Waals surface area contributed by atoms with Crippen molar-refractivity contribution in [2.24, 2.45) is 11.3 Å². The smallest absolute Gasteiger partial charge is 0.317 e. The summed E-state index contributed by atoms with van der Waals surface area (Å²) in [7, 11) is 0. The highest BCUT2D eigenvalue weighted by Gasteiger charge is 2.45. The second kappa shape index (κ2) is 5.60. The van der Waals surface area contributed by atoms with Crippen LogP contribution in [0.15, 0.2) is 0 Å². The fraction of sp³-hybridized carbons (Fsp3) is 0.857. The van der Waals surface area contributed by atoms with Gasteiger partial charge in [-0.2, -0.15) is 0 Å². The first-order valence-electron chi connectivity index (χ1n) is 6.97. The first-order chi connectivity index (χ1) is 8.99. The predicted octanol–water partition coefficient (Wildman–Crippen LogP) is 1.29. The number of carboxylic acid groups (broad SMARTS) is 1. The van der Waals surface area contributed by atoms with E-state index in [1.165, 1.54) is 0 Å². The lowest BCUT2D eigenvalue weighted by molar-refractivity contribution is -0.150. The SMILES string of the molecule is CC1CN(C(=O)NC(C)(C)C(C)(C)C(=O)O)CCC1O. The van der Waals surface area contributed by atoms with Gasteiger partial charge in [-0.05, 0) is 40.0 Å². The van der Waals surface area contributed by atoms with Crippen LogP contribution in [0.5, 0.6) is 0 Å². The van der Waals surface area contributed by atoms with Crippen molar-refractivity contribution in [3.05, 3.63) is 0 Å². The van der Waals surface area contributed by atoms with Gasteiger partial charge in [-0.25, -0.2) is 4.79 Å². The summed E-state index contributed by atoms with van der Waals surface area (Å²) in [6.45, 7) is 9.48. The molecule has 116 valence electrons. The normalized spacial score (nSPS) is 24.4.